The van der Waals surface area contributed by atoms with Crippen LogP contribution >= 0.6 is 11.3 Å². The summed E-state index contributed by atoms with van der Waals surface area (Å²) in [5, 5.41) is 23.2. The van der Waals surface area contributed by atoms with E-state index in [1.54, 1.807) is 63.4 Å². The van der Waals surface area contributed by atoms with Crippen LogP contribution in [0.1, 0.15) is 62.5 Å². The Morgan fingerprint density at radius 2 is 1.57 bits per heavy atom. The number of rotatable bonds is 21. The fourth-order valence-corrected chi connectivity index (χ4v) is 6.93. The van der Waals surface area contributed by atoms with E-state index in [-0.39, 0.29) is 31.7 Å². The standard InChI is InChI=1S/C43H53N7O9S/c1-43(2,3)59-42(58)49-34(24-28-26-46-31-17-9-8-16-30(28)31)39(55)47-32(18-10-11-21-45-36(51)20-19-29-15-12-22-60-29)41(57)50(4)35(25-37(52)53)40(56)48-33(38(44)54)23-27-13-6-5-7-14-27/h5-9,12-17,19-20,22,26,32-35,46H,10-11,18,21,23-25H2,1-4H3,(H2,44,54)(H,45,51)(H,47,55)(H,48,56)(H,49,58)(H,52,53)/b20-19+/t32-,33-,34?,35-/m0/s1. The van der Waals surface area contributed by atoms with E-state index < -0.39 is 71.9 Å². The van der Waals surface area contributed by atoms with E-state index in [0.29, 0.717) is 24.0 Å². The van der Waals surface area contributed by atoms with Gasteiger partial charge in [-0.25, -0.2) is 4.79 Å². The first-order valence-corrected chi connectivity index (χ1v) is 20.3. The first kappa shape index (κ1) is 46.2. The highest BCUT2D eigenvalue weighted by Gasteiger charge is 2.36. The number of alkyl carbamates (subject to hydrolysis) is 1. The number of unbranched alkanes of at least 4 members (excludes halogenated alkanes) is 1. The summed E-state index contributed by atoms with van der Waals surface area (Å²) in [6.07, 6.45) is 3.81. The number of carbonyl (C=O) groups is 7. The van der Waals surface area contributed by atoms with Gasteiger partial charge in [0.15, 0.2) is 0 Å². The third-order valence-electron chi connectivity index (χ3n) is 9.31. The molecule has 0 radical (unpaired) electrons. The molecule has 0 bridgehead atoms. The lowest BCUT2D eigenvalue weighted by Crippen LogP contribution is -2.59. The van der Waals surface area contributed by atoms with Gasteiger partial charge in [0.25, 0.3) is 0 Å². The average Bonchev–Trinajstić information content (AvgIpc) is 3.87. The number of aromatic amines is 1. The number of likely N-dealkylation sites (N-methyl/N-ethyl adjacent to an activating group) is 1. The number of aromatic nitrogens is 1. The molecule has 0 spiro atoms. The van der Waals surface area contributed by atoms with Crippen molar-refractivity contribution in [1.82, 2.24) is 31.2 Å². The average molecular weight is 844 g/mol. The molecule has 0 aliphatic carbocycles. The van der Waals surface area contributed by atoms with Crippen LogP contribution < -0.4 is 27.0 Å². The molecule has 0 aliphatic rings. The zero-order valence-corrected chi connectivity index (χ0v) is 34.9. The van der Waals surface area contributed by atoms with Crippen molar-refractivity contribution in [3.05, 3.63) is 100 Å². The number of aliphatic carboxylic acids is 1. The number of thiophene rings is 1. The second-order valence-corrected chi connectivity index (χ2v) is 16.2. The van der Waals surface area contributed by atoms with Crippen LogP contribution in [0.2, 0.25) is 0 Å². The van der Waals surface area contributed by atoms with Crippen LogP contribution in [0.5, 0.6) is 0 Å². The molecule has 17 heteroatoms. The number of carboxylic acid groups (broad SMARTS) is 1. The minimum atomic E-state index is -1.62. The first-order valence-electron chi connectivity index (χ1n) is 19.5. The number of hydrogen-bond donors (Lipinski definition) is 7. The highest BCUT2D eigenvalue weighted by atomic mass is 32.1. The van der Waals surface area contributed by atoms with Crippen LogP contribution in [0, 0.1) is 0 Å². The number of nitrogens with two attached hydrogens (primary N) is 1. The van der Waals surface area contributed by atoms with E-state index in [1.807, 2.05) is 41.8 Å². The van der Waals surface area contributed by atoms with Crippen molar-refractivity contribution in [3.63, 3.8) is 0 Å². The summed E-state index contributed by atoms with van der Waals surface area (Å²) in [6.45, 7) is 5.25. The minimum Gasteiger partial charge on any atom is -0.481 e. The van der Waals surface area contributed by atoms with Crippen molar-refractivity contribution in [3.8, 4) is 0 Å². The largest absolute Gasteiger partial charge is 0.481 e. The molecule has 6 amide bonds. The van der Waals surface area contributed by atoms with Gasteiger partial charge < -0.3 is 46.7 Å². The van der Waals surface area contributed by atoms with Gasteiger partial charge >= 0.3 is 12.1 Å². The maximum atomic E-state index is 14.4. The lowest BCUT2D eigenvalue weighted by Gasteiger charge is -2.32. The normalized spacial score (nSPS) is 13.4. The van der Waals surface area contributed by atoms with Crippen molar-refractivity contribution in [2.24, 2.45) is 5.73 Å². The molecule has 4 aromatic rings. The van der Waals surface area contributed by atoms with Crippen LogP contribution in [0.15, 0.2) is 84.4 Å². The number of ether oxygens (including phenoxy) is 1. The Labute approximate surface area is 352 Å². The summed E-state index contributed by atoms with van der Waals surface area (Å²) in [5.74, 6) is -5.09. The second kappa shape index (κ2) is 22.0. The van der Waals surface area contributed by atoms with Crippen LogP contribution in [0.4, 0.5) is 4.79 Å². The fraction of sp³-hybridized carbons (Fsp3) is 0.372. The van der Waals surface area contributed by atoms with E-state index in [9.17, 15) is 38.7 Å². The summed E-state index contributed by atoms with van der Waals surface area (Å²) in [5.41, 5.74) is 6.91. The number of hydrogen-bond acceptors (Lipinski definition) is 9. The summed E-state index contributed by atoms with van der Waals surface area (Å²) in [4.78, 5) is 97.2. The highest BCUT2D eigenvalue weighted by molar-refractivity contribution is 7.10. The molecule has 16 nitrogen and oxygen atoms in total. The van der Waals surface area contributed by atoms with Gasteiger partial charge in [-0.2, -0.15) is 0 Å². The Balaban J connectivity index is 1.57. The van der Waals surface area contributed by atoms with Crippen LogP contribution in [0.3, 0.4) is 0 Å². The molecule has 0 aliphatic heterocycles. The number of amides is 6. The lowest BCUT2D eigenvalue weighted by atomic mass is 10.0. The highest BCUT2D eigenvalue weighted by Crippen LogP contribution is 2.20. The maximum absolute atomic E-state index is 14.4. The van der Waals surface area contributed by atoms with E-state index in [1.165, 1.54) is 24.5 Å². The van der Waals surface area contributed by atoms with Gasteiger partial charge in [-0.3, -0.25) is 28.8 Å². The topological polar surface area (TPSA) is 242 Å². The molecular formula is C43H53N7O9S. The molecular weight excluding hydrogens is 791 g/mol. The molecule has 60 heavy (non-hydrogen) atoms. The van der Waals surface area contributed by atoms with Gasteiger partial charge in [-0.05, 0) is 74.7 Å². The Kier molecular flexibility index (Phi) is 17.0. The predicted molar refractivity (Wildman–Crippen MR) is 227 cm³/mol. The molecule has 2 heterocycles. The van der Waals surface area contributed by atoms with Crippen molar-refractivity contribution >= 4 is 69.9 Å². The molecule has 1 unspecified atom stereocenters. The van der Waals surface area contributed by atoms with Crippen molar-refractivity contribution < 1.29 is 43.4 Å². The minimum absolute atomic E-state index is 0.00138. The quantitative estimate of drug-likeness (QED) is 0.0478. The molecule has 8 N–H and O–H groups in total. The number of fused-ring (bicyclic) bond motifs is 1. The van der Waals surface area contributed by atoms with E-state index in [4.69, 9.17) is 10.5 Å². The van der Waals surface area contributed by atoms with Gasteiger partial charge in [0.1, 0.15) is 29.8 Å². The number of carboxylic acids is 1. The molecule has 2 aromatic heterocycles. The van der Waals surface area contributed by atoms with E-state index >= 15 is 0 Å². The van der Waals surface area contributed by atoms with Gasteiger partial charge in [0.2, 0.25) is 29.5 Å². The predicted octanol–water partition coefficient (Wildman–Crippen LogP) is 3.66. The maximum Gasteiger partial charge on any atom is 0.408 e. The third-order valence-corrected chi connectivity index (χ3v) is 10.1. The molecule has 4 rings (SSSR count). The Bertz CT molecular complexity index is 2130. The third kappa shape index (κ3) is 14.7. The van der Waals surface area contributed by atoms with Gasteiger partial charge in [-0.1, -0.05) is 54.6 Å². The summed E-state index contributed by atoms with van der Waals surface area (Å²) < 4.78 is 5.46. The monoisotopic (exact) mass is 843 g/mol. The zero-order chi connectivity index (χ0) is 43.8. The Morgan fingerprint density at radius 1 is 0.867 bits per heavy atom. The van der Waals surface area contributed by atoms with Crippen LogP contribution in [0.25, 0.3) is 17.0 Å². The van der Waals surface area contributed by atoms with Gasteiger partial charge in [0, 0.05) is 54.5 Å². The van der Waals surface area contributed by atoms with E-state index in [0.717, 1.165) is 20.7 Å². The molecule has 0 saturated carbocycles. The first-order chi connectivity index (χ1) is 28.5. The fourth-order valence-electron chi connectivity index (χ4n) is 6.31. The smallest absolute Gasteiger partial charge is 0.408 e. The van der Waals surface area contributed by atoms with Crippen molar-refractivity contribution in [2.75, 3.05) is 13.6 Å². The Morgan fingerprint density at radius 3 is 2.23 bits per heavy atom. The SMILES string of the molecule is CN(C(=O)[C@H](CCCCNC(=O)/C=C/c1cccs1)NC(=O)C(Cc1c[nH]c2ccccc12)NC(=O)OC(C)(C)C)[C@@H](CC(=O)O)C(=O)N[C@@H](Cc1ccccc1)C(N)=O. The summed E-state index contributed by atoms with van der Waals surface area (Å²) in [7, 11) is 1.23. The number of H-pyrrole nitrogens is 1. The Hall–Kier alpha value is -6.49. The van der Waals surface area contributed by atoms with Crippen LogP contribution in [-0.4, -0.2) is 99.9 Å². The lowest BCUT2D eigenvalue weighted by molar-refractivity contribution is -0.147. The molecule has 0 fully saturated rings. The van der Waals surface area contributed by atoms with Gasteiger partial charge in [0.05, 0.1) is 6.42 Å². The zero-order valence-electron chi connectivity index (χ0n) is 34.1. The second-order valence-electron chi connectivity index (χ2n) is 15.2. The van der Waals surface area contributed by atoms with Crippen molar-refractivity contribution in [2.45, 2.75) is 89.1 Å². The summed E-state index contributed by atoms with van der Waals surface area (Å²) in [6, 6.07) is 14.4. The number of benzene rings is 2. The van der Waals surface area contributed by atoms with Crippen LogP contribution in [-0.2, 0) is 46.3 Å². The molecule has 0 saturated heterocycles. The number of carbonyl (C=O) groups excluding carboxylic acids is 6. The van der Waals surface area contributed by atoms with Gasteiger partial charge in [-0.15, -0.1) is 11.3 Å². The number of nitrogens with one attached hydrogen (secondary N) is 5. The van der Waals surface area contributed by atoms with E-state index in [2.05, 4.69) is 26.3 Å². The summed E-state index contributed by atoms with van der Waals surface area (Å²) >= 11 is 1.48. The molecule has 320 valence electrons. The number of para-hydroxylation sites is 1. The number of nitrogens with zero attached hydrogens (tertiary/aromatic N) is 1. The molecule has 4 atom stereocenters. The number of primary amides is 1. The molecule has 2 aromatic carbocycles. The van der Waals surface area contributed by atoms with Crippen molar-refractivity contribution in [1.29, 1.82) is 0 Å².